The first-order valence-corrected chi connectivity index (χ1v) is 17.2. The number of carboxylic acids is 2. The second-order valence-electron chi connectivity index (χ2n) is 11.8. The molecule has 2 unspecified atom stereocenters. The minimum atomic E-state index is -1.63. The number of carbonyl (C=O) groups excluding carboxylic acids is 4. The fourth-order valence-corrected chi connectivity index (χ4v) is 8.00. The van der Waals surface area contributed by atoms with Crippen LogP contribution < -0.4 is 27.0 Å². The van der Waals surface area contributed by atoms with Gasteiger partial charge in [-0.05, 0) is 60.4 Å². The van der Waals surface area contributed by atoms with Crippen molar-refractivity contribution in [3.05, 3.63) is 82.2 Å². The van der Waals surface area contributed by atoms with Gasteiger partial charge in [0.25, 0.3) is 11.8 Å². The minimum Gasteiger partial charge on any atom is -0.508 e. The lowest BCUT2D eigenvalue weighted by atomic mass is 10.00. The molecule has 6 atom stereocenters. The van der Waals surface area contributed by atoms with Gasteiger partial charge in [-0.1, -0.05) is 24.3 Å². The van der Waals surface area contributed by atoms with E-state index in [1.807, 2.05) is 0 Å². The summed E-state index contributed by atoms with van der Waals surface area (Å²) in [5, 5.41) is 47.5. The lowest BCUT2D eigenvalue weighted by molar-refractivity contribution is -0.148. The van der Waals surface area contributed by atoms with E-state index in [1.165, 1.54) is 65.2 Å². The summed E-state index contributed by atoms with van der Waals surface area (Å²) in [6, 6.07) is 5.69. The number of nitrogens with one attached hydrogen (secondary N) is 4. The molecule has 4 amide bonds. The smallest absolute Gasteiger partial charge is 0.351 e. The van der Waals surface area contributed by atoms with Crippen LogP contribution in [0.4, 0.5) is 0 Å². The van der Waals surface area contributed by atoms with Gasteiger partial charge in [-0.25, -0.2) is 9.59 Å². The normalized spacial score (nSPS) is 21.9. The van der Waals surface area contributed by atoms with Crippen LogP contribution in [0.5, 0.6) is 11.5 Å². The zero-order valence-corrected chi connectivity index (χ0v) is 28.2. The van der Waals surface area contributed by atoms with Crippen molar-refractivity contribution in [2.24, 2.45) is 5.73 Å². The molecule has 0 bridgehead atoms. The van der Waals surface area contributed by atoms with Crippen LogP contribution in [0.15, 0.2) is 71.1 Å². The first-order valence-electron chi connectivity index (χ1n) is 15.1. The number of hydrogen-bond acceptors (Lipinski definition) is 12. The van der Waals surface area contributed by atoms with Crippen molar-refractivity contribution >= 4 is 59.1 Å². The quantitative estimate of drug-likeness (QED) is 0.140. The second-order valence-corrected chi connectivity index (χ2v) is 14.0. The van der Waals surface area contributed by atoms with Gasteiger partial charge < -0.3 is 47.4 Å². The van der Waals surface area contributed by atoms with Crippen LogP contribution in [0.2, 0.25) is 0 Å². The number of hydrogen-bond donors (Lipinski definition) is 9. The van der Waals surface area contributed by atoms with E-state index in [9.17, 15) is 49.2 Å². The van der Waals surface area contributed by atoms with Crippen molar-refractivity contribution in [1.82, 2.24) is 26.2 Å². The van der Waals surface area contributed by atoms with Crippen LogP contribution >= 0.6 is 23.5 Å². The number of phenolic OH excluding ortho intramolecular Hbond substituents is 2. The van der Waals surface area contributed by atoms with Gasteiger partial charge >= 0.3 is 11.9 Å². The lowest BCUT2D eigenvalue weighted by Crippen LogP contribution is -2.71. The number of carboxylic acid groups (broad SMARTS) is 2. The number of nitrogens with two attached hydrogens (primary N) is 1. The Morgan fingerprint density at radius 3 is 2.02 bits per heavy atom. The van der Waals surface area contributed by atoms with Crippen LogP contribution in [0.25, 0.3) is 0 Å². The Labute approximate surface area is 293 Å². The fourth-order valence-electron chi connectivity index (χ4n) is 5.56. The van der Waals surface area contributed by atoms with E-state index in [0.29, 0.717) is 22.5 Å². The van der Waals surface area contributed by atoms with E-state index in [2.05, 4.69) is 21.3 Å². The standard InChI is InChI=1S/C32H34N6O10S2/c1-13-11-49-28(37-20(13)31(45)46)22(32(47)48)35-26(42)21(16-5-9-18(40)10-6-16)34-27(43)24-14(2)12-50-30-23(29(44)38(24)30)36-25(41)19(33)15-3-7-17(39)8-4-15/h3-10,19,21-23,28,30,37,39-40H,11-12,33H2,1-2H3,(H,34,43)(H,35,42)(H,36,41)(H,45,46)(H,47,48)/t19-,21-,22?,23-,28?,30-/m1/s1. The van der Waals surface area contributed by atoms with Gasteiger partial charge in [0, 0.05) is 11.5 Å². The van der Waals surface area contributed by atoms with E-state index in [-0.39, 0.29) is 34.2 Å². The number of aliphatic carboxylic acids is 2. The molecule has 0 aliphatic carbocycles. The first-order chi connectivity index (χ1) is 23.7. The molecule has 3 aliphatic heterocycles. The van der Waals surface area contributed by atoms with Gasteiger partial charge in [-0.3, -0.25) is 24.1 Å². The number of carbonyl (C=O) groups is 6. The summed E-state index contributed by atoms with van der Waals surface area (Å²) >= 11 is 2.39. The van der Waals surface area contributed by atoms with Gasteiger partial charge in [0.1, 0.15) is 51.8 Å². The van der Waals surface area contributed by atoms with E-state index >= 15 is 0 Å². The first kappa shape index (κ1) is 36.1. The molecule has 50 heavy (non-hydrogen) atoms. The average Bonchev–Trinajstić information content (AvgIpc) is 3.08. The molecule has 0 radical (unpaired) electrons. The number of thioether (sulfide) groups is 2. The molecule has 3 aliphatic rings. The highest BCUT2D eigenvalue weighted by molar-refractivity contribution is 8.00. The van der Waals surface area contributed by atoms with Gasteiger partial charge in [-0.15, -0.1) is 23.5 Å². The number of β-lactam (4-membered cyclic amide) rings is 1. The maximum absolute atomic E-state index is 13.9. The molecule has 1 saturated heterocycles. The van der Waals surface area contributed by atoms with E-state index in [1.54, 1.807) is 13.8 Å². The molecule has 3 heterocycles. The van der Waals surface area contributed by atoms with Crippen LogP contribution in [0, 0.1) is 0 Å². The summed E-state index contributed by atoms with van der Waals surface area (Å²) < 4.78 is 0. The molecule has 1 fully saturated rings. The number of benzene rings is 2. The number of nitrogens with zero attached hydrogens (tertiary/aromatic N) is 1. The molecular formula is C32H34N6O10S2. The summed E-state index contributed by atoms with van der Waals surface area (Å²) in [6.45, 7) is 3.22. The third-order valence-corrected chi connectivity index (χ3v) is 11.0. The van der Waals surface area contributed by atoms with Crippen molar-refractivity contribution in [1.29, 1.82) is 0 Å². The average molecular weight is 727 g/mol. The minimum absolute atomic E-state index is 0.00775. The number of phenols is 2. The predicted molar refractivity (Wildman–Crippen MR) is 181 cm³/mol. The maximum Gasteiger partial charge on any atom is 0.351 e. The Balaban J connectivity index is 1.34. The largest absolute Gasteiger partial charge is 0.508 e. The SMILES string of the molecule is CC1=C(C(=O)O)NC(C(NC(=O)[C@H](NC(=O)C2=C(C)CS[C@@H]3[C@H](NC(=O)[C@H](N)c4ccc(O)cc4)C(=O)N23)c2ccc(O)cc2)C(=O)O)SC1. The molecular weight excluding hydrogens is 693 g/mol. The Morgan fingerprint density at radius 1 is 0.860 bits per heavy atom. The van der Waals surface area contributed by atoms with Gasteiger partial charge in [0.05, 0.1) is 0 Å². The molecule has 18 heteroatoms. The molecule has 264 valence electrons. The Morgan fingerprint density at radius 2 is 1.44 bits per heavy atom. The van der Waals surface area contributed by atoms with Crippen molar-refractivity contribution in [2.75, 3.05) is 11.5 Å². The number of rotatable bonds is 11. The number of fused-ring (bicyclic) bond motifs is 1. The molecule has 10 N–H and O–H groups in total. The molecule has 5 rings (SSSR count). The van der Waals surface area contributed by atoms with Crippen molar-refractivity contribution < 1.29 is 49.2 Å². The van der Waals surface area contributed by atoms with Gasteiger partial charge in [0.15, 0.2) is 6.04 Å². The maximum atomic E-state index is 13.9. The summed E-state index contributed by atoms with van der Waals surface area (Å²) in [4.78, 5) is 79.2. The summed E-state index contributed by atoms with van der Waals surface area (Å²) in [7, 11) is 0. The number of amides is 4. The predicted octanol–water partition coefficient (Wildman–Crippen LogP) is 0.220. The van der Waals surface area contributed by atoms with E-state index in [4.69, 9.17) is 5.73 Å². The Bertz CT molecular complexity index is 1800. The van der Waals surface area contributed by atoms with E-state index in [0.717, 1.165) is 11.8 Å². The Kier molecular flexibility index (Phi) is 10.6. The van der Waals surface area contributed by atoms with Crippen LogP contribution in [0.1, 0.15) is 37.1 Å². The number of aromatic hydroxyl groups is 2. The molecule has 0 saturated carbocycles. The highest BCUT2D eigenvalue weighted by Crippen LogP contribution is 2.40. The molecule has 0 spiro atoms. The van der Waals surface area contributed by atoms with Crippen LogP contribution in [-0.2, 0) is 28.8 Å². The summed E-state index contributed by atoms with van der Waals surface area (Å²) in [5.41, 5.74) is 7.42. The molecule has 0 aromatic heterocycles. The van der Waals surface area contributed by atoms with E-state index < -0.39 is 70.5 Å². The molecule has 16 nitrogen and oxygen atoms in total. The topological polar surface area (TPSA) is 261 Å². The molecule has 2 aromatic rings. The highest BCUT2D eigenvalue weighted by Gasteiger charge is 2.54. The van der Waals surface area contributed by atoms with Crippen molar-refractivity contribution in [3.63, 3.8) is 0 Å². The third kappa shape index (κ3) is 7.36. The van der Waals surface area contributed by atoms with Crippen molar-refractivity contribution in [2.45, 2.75) is 48.8 Å². The lowest BCUT2D eigenvalue weighted by Gasteiger charge is -2.50. The highest BCUT2D eigenvalue weighted by atomic mass is 32.2. The molecule has 2 aromatic carbocycles. The monoisotopic (exact) mass is 726 g/mol. The third-order valence-electron chi connectivity index (χ3n) is 8.24. The Hall–Kier alpha value is -5.20. The summed E-state index contributed by atoms with van der Waals surface area (Å²) in [5.74, 6) is -5.41. The second kappa shape index (κ2) is 14.7. The summed E-state index contributed by atoms with van der Waals surface area (Å²) in [6.07, 6.45) is 0. The van der Waals surface area contributed by atoms with Crippen LogP contribution in [-0.4, -0.2) is 95.2 Å². The zero-order valence-electron chi connectivity index (χ0n) is 26.6. The fraction of sp³-hybridized carbons (Fsp3) is 0.312. The zero-order chi connectivity index (χ0) is 36.4. The van der Waals surface area contributed by atoms with Crippen LogP contribution in [0.3, 0.4) is 0 Å². The van der Waals surface area contributed by atoms with Gasteiger partial charge in [0.2, 0.25) is 11.8 Å². The van der Waals surface area contributed by atoms with Crippen molar-refractivity contribution in [3.8, 4) is 11.5 Å². The van der Waals surface area contributed by atoms with Gasteiger partial charge in [-0.2, -0.15) is 0 Å².